The maximum atomic E-state index is 13.5. The predicted molar refractivity (Wildman–Crippen MR) is 68.2 cm³/mol. The third-order valence-corrected chi connectivity index (χ3v) is 3.06. The normalized spacial score (nSPS) is 12.6. The van der Waals surface area contributed by atoms with Gasteiger partial charge in [0, 0.05) is 12.5 Å². The van der Waals surface area contributed by atoms with E-state index in [0.29, 0.717) is 5.56 Å². The number of hydrazine groups is 1. The molecule has 0 aliphatic carbocycles. The first-order valence-electron chi connectivity index (χ1n) is 5.95. The van der Waals surface area contributed by atoms with Gasteiger partial charge in [-0.2, -0.15) is 0 Å². The van der Waals surface area contributed by atoms with Crippen LogP contribution in [-0.2, 0) is 6.42 Å². The predicted octanol–water partition coefficient (Wildman–Crippen LogP) is 2.86. The highest BCUT2D eigenvalue weighted by molar-refractivity contribution is 5.25. The van der Waals surface area contributed by atoms with Crippen LogP contribution in [0.5, 0.6) is 0 Å². The summed E-state index contributed by atoms with van der Waals surface area (Å²) in [5, 5.41) is 0. The molecule has 4 heteroatoms. The maximum Gasteiger partial charge on any atom is 0.126 e. The van der Waals surface area contributed by atoms with E-state index < -0.39 is 0 Å². The highest BCUT2D eigenvalue weighted by Crippen LogP contribution is 2.21. The van der Waals surface area contributed by atoms with E-state index in [1.807, 2.05) is 18.2 Å². The molecule has 0 aliphatic rings. The minimum Gasteiger partial charge on any atom is -0.469 e. The van der Waals surface area contributed by atoms with Gasteiger partial charge in [-0.25, -0.2) is 4.39 Å². The van der Waals surface area contributed by atoms with Crippen molar-refractivity contribution < 1.29 is 8.81 Å². The van der Waals surface area contributed by atoms with Gasteiger partial charge in [-0.1, -0.05) is 12.1 Å². The topological polar surface area (TPSA) is 51.2 Å². The zero-order valence-electron chi connectivity index (χ0n) is 10.3. The number of nitrogens with one attached hydrogen (secondary N) is 1. The first-order valence-corrected chi connectivity index (χ1v) is 5.95. The number of halogens is 1. The Morgan fingerprint density at radius 1 is 1.39 bits per heavy atom. The molecular weight excluding hydrogens is 231 g/mol. The van der Waals surface area contributed by atoms with Crippen LogP contribution in [0.2, 0.25) is 0 Å². The van der Waals surface area contributed by atoms with Crippen LogP contribution in [0.1, 0.15) is 29.3 Å². The summed E-state index contributed by atoms with van der Waals surface area (Å²) in [5.41, 5.74) is 4.21. The lowest BCUT2D eigenvalue weighted by Crippen LogP contribution is -2.28. The van der Waals surface area contributed by atoms with Crippen LogP contribution in [0.3, 0.4) is 0 Å². The molecule has 0 radical (unpaired) electrons. The van der Waals surface area contributed by atoms with E-state index in [-0.39, 0.29) is 11.9 Å². The second-order valence-corrected chi connectivity index (χ2v) is 4.35. The molecule has 0 bridgehead atoms. The first-order chi connectivity index (χ1) is 8.70. The Bertz CT molecular complexity index is 497. The van der Waals surface area contributed by atoms with E-state index in [9.17, 15) is 4.39 Å². The van der Waals surface area contributed by atoms with Gasteiger partial charge in [0.1, 0.15) is 11.6 Å². The standard InChI is InChI=1S/C14H17FN2O/c1-10-4-5-11(9-13(10)15)14(17-16)7-6-12-3-2-8-18-12/h2-5,8-9,14,17H,6-7,16H2,1H3. The van der Waals surface area contributed by atoms with Gasteiger partial charge in [-0.15, -0.1) is 0 Å². The summed E-state index contributed by atoms with van der Waals surface area (Å²) in [6, 6.07) is 8.88. The van der Waals surface area contributed by atoms with Gasteiger partial charge in [0.15, 0.2) is 0 Å². The Kier molecular flexibility index (Phi) is 4.12. The van der Waals surface area contributed by atoms with Crippen molar-refractivity contribution in [1.82, 2.24) is 5.43 Å². The van der Waals surface area contributed by atoms with Gasteiger partial charge in [-0.3, -0.25) is 11.3 Å². The van der Waals surface area contributed by atoms with Crippen molar-refractivity contribution in [3.63, 3.8) is 0 Å². The Morgan fingerprint density at radius 2 is 2.22 bits per heavy atom. The number of nitrogens with two attached hydrogens (primary N) is 1. The fraction of sp³-hybridized carbons (Fsp3) is 0.286. The molecule has 3 N–H and O–H groups in total. The average Bonchev–Trinajstić information content (AvgIpc) is 2.87. The number of hydrogen-bond acceptors (Lipinski definition) is 3. The fourth-order valence-electron chi connectivity index (χ4n) is 1.91. The summed E-state index contributed by atoms with van der Waals surface area (Å²) < 4.78 is 18.8. The highest BCUT2D eigenvalue weighted by atomic mass is 19.1. The zero-order chi connectivity index (χ0) is 13.0. The monoisotopic (exact) mass is 248 g/mol. The Hall–Kier alpha value is -1.65. The van der Waals surface area contributed by atoms with E-state index in [1.165, 1.54) is 6.07 Å². The molecule has 0 saturated carbocycles. The summed E-state index contributed by atoms with van der Waals surface area (Å²) in [7, 11) is 0. The molecule has 1 aromatic carbocycles. The molecule has 1 atom stereocenters. The first kappa shape index (κ1) is 12.8. The van der Waals surface area contributed by atoms with Gasteiger partial charge in [0.2, 0.25) is 0 Å². The lowest BCUT2D eigenvalue weighted by Gasteiger charge is -2.16. The van der Waals surface area contributed by atoms with Crippen LogP contribution in [0.25, 0.3) is 0 Å². The largest absolute Gasteiger partial charge is 0.469 e. The molecule has 0 spiro atoms. The molecule has 0 amide bonds. The van der Waals surface area contributed by atoms with Crippen molar-refractivity contribution in [2.75, 3.05) is 0 Å². The van der Waals surface area contributed by atoms with Crippen LogP contribution >= 0.6 is 0 Å². The Labute approximate surface area is 106 Å². The molecule has 2 aromatic rings. The van der Waals surface area contributed by atoms with E-state index in [2.05, 4.69) is 5.43 Å². The summed E-state index contributed by atoms with van der Waals surface area (Å²) >= 11 is 0. The van der Waals surface area contributed by atoms with E-state index in [4.69, 9.17) is 10.3 Å². The SMILES string of the molecule is Cc1ccc(C(CCc2ccco2)NN)cc1F. The number of furan rings is 1. The van der Waals surface area contributed by atoms with E-state index >= 15 is 0 Å². The third-order valence-electron chi connectivity index (χ3n) is 3.06. The molecule has 2 rings (SSSR count). The summed E-state index contributed by atoms with van der Waals surface area (Å²) in [6.07, 6.45) is 3.16. The summed E-state index contributed by atoms with van der Waals surface area (Å²) in [6.45, 7) is 1.74. The van der Waals surface area contributed by atoms with Crippen LogP contribution in [0.4, 0.5) is 4.39 Å². The molecular formula is C14H17FN2O. The van der Waals surface area contributed by atoms with E-state index in [1.54, 1.807) is 19.3 Å². The van der Waals surface area contributed by atoms with Crippen LogP contribution in [-0.4, -0.2) is 0 Å². The highest BCUT2D eigenvalue weighted by Gasteiger charge is 2.12. The van der Waals surface area contributed by atoms with Crippen molar-refractivity contribution >= 4 is 0 Å². The Morgan fingerprint density at radius 3 is 2.83 bits per heavy atom. The molecule has 96 valence electrons. The molecule has 0 fully saturated rings. The molecule has 1 unspecified atom stereocenters. The average molecular weight is 248 g/mol. The summed E-state index contributed by atoms with van der Waals surface area (Å²) in [5.74, 6) is 6.23. The van der Waals surface area contributed by atoms with Gasteiger partial charge >= 0.3 is 0 Å². The number of rotatable bonds is 5. The third kappa shape index (κ3) is 2.97. The van der Waals surface area contributed by atoms with Crippen molar-refractivity contribution in [2.45, 2.75) is 25.8 Å². The molecule has 0 aliphatic heterocycles. The van der Waals surface area contributed by atoms with Gasteiger partial charge in [0.05, 0.1) is 6.26 Å². The van der Waals surface area contributed by atoms with Crippen molar-refractivity contribution in [3.05, 3.63) is 59.3 Å². The number of aryl methyl sites for hydroxylation is 2. The fourth-order valence-corrected chi connectivity index (χ4v) is 1.91. The number of benzene rings is 1. The van der Waals surface area contributed by atoms with Crippen molar-refractivity contribution in [2.24, 2.45) is 5.84 Å². The second kappa shape index (κ2) is 5.80. The minimum absolute atomic E-state index is 0.0785. The molecule has 0 saturated heterocycles. The molecule has 18 heavy (non-hydrogen) atoms. The zero-order valence-corrected chi connectivity index (χ0v) is 10.3. The quantitative estimate of drug-likeness (QED) is 0.632. The van der Waals surface area contributed by atoms with Gasteiger partial charge in [-0.05, 0) is 42.7 Å². The maximum absolute atomic E-state index is 13.5. The van der Waals surface area contributed by atoms with Gasteiger partial charge in [0.25, 0.3) is 0 Å². The molecule has 1 heterocycles. The lowest BCUT2D eigenvalue weighted by atomic mass is 10.0. The van der Waals surface area contributed by atoms with Crippen LogP contribution in [0.15, 0.2) is 41.0 Å². The smallest absolute Gasteiger partial charge is 0.126 e. The summed E-state index contributed by atoms with van der Waals surface area (Å²) in [4.78, 5) is 0. The lowest BCUT2D eigenvalue weighted by molar-refractivity contribution is 0.457. The van der Waals surface area contributed by atoms with Gasteiger partial charge < -0.3 is 4.42 Å². The number of hydrogen-bond donors (Lipinski definition) is 2. The van der Waals surface area contributed by atoms with Crippen LogP contribution < -0.4 is 11.3 Å². The van der Waals surface area contributed by atoms with E-state index in [0.717, 1.165) is 24.2 Å². The molecule has 1 aromatic heterocycles. The molecule has 3 nitrogen and oxygen atoms in total. The minimum atomic E-state index is -0.203. The second-order valence-electron chi connectivity index (χ2n) is 4.35. The van der Waals surface area contributed by atoms with Crippen LogP contribution in [0, 0.1) is 12.7 Å². The van der Waals surface area contributed by atoms with Crippen molar-refractivity contribution in [1.29, 1.82) is 0 Å². The van der Waals surface area contributed by atoms with Crippen molar-refractivity contribution in [3.8, 4) is 0 Å². The Balaban J connectivity index is 2.05.